The van der Waals surface area contributed by atoms with Crippen molar-refractivity contribution >= 4 is 39.8 Å². The molecule has 38 heavy (non-hydrogen) atoms. The average molecular weight is 510 g/mol. The molecule has 10 nitrogen and oxygen atoms in total. The van der Waals surface area contributed by atoms with E-state index in [4.69, 9.17) is 4.98 Å². The van der Waals surface area contributed by atoms with Gasteiger partial charge in [-0.25, -0.2) is 9.97 Å². The normalized spacial score (nSPS) is 15.3. The van der Waals surface area contributed by atoms with Gasteiger partial charge in [0.25, 0.3) is 0 Å². The van der Waals surface area contributed by atoms with E-state index >= 15 is 0 Å². The minimum atomic E-state index is -0.204. The maximum absolute atomic E-state index is 12.3. The maximum atomic E-state index is 12.3. The number of benzene rings is 1. The first kappa shape index (κ1) is 25.2. The molecule has 3 aromatic heterocycles. The second-order valence-electron chi connectivity index (χ2n) is 9.41. The number of carbonyl (C=O) groups is 1. The molecule has 1 unspecified atom stereocenters. The monoisotopic (exact) mass is 509 g/mol. The molecule has 0 spiro atoms. The Morgan fingerprint density at radius 2 is 1.87 bits per heavy atom. The largest absolute Gasteiger partial charge is 0.381 e. The Balaban J connectivity index is 1.33. The molecule has 0 saturated carbocycles. The number of carbonyl (C=O) groups excluding carboxylic acids is 1. The third-order valence-electron chi connectivity index (χ3n) is 6.08. The van der Waals surface area contributed by atoms with Crippen LogP contribution in [-0.4, -0.2) is 70.5 Å². The summed E-state index contributed by atoms with van der Waals surface area (Å²) >= 11 is 0. The minimum Gasteiger partial charge on any atom is -0.381 e. The number of hydrogen-bond donors (Lipinski definition) is 4. The van der Waals surface area contributed by atoms with E-state index in [1.165, 1.54) is 6.08 Å². The van der Waals surface area contributed by atoms with E-state index in [9.17, 15) is 4.79 Å². The number of fused-ring (bicyclic) bond motifs is 1. The Morgan fingerprint density at radius 3 is 2.66 bits per heavy atom. The van der Waals surface area contributed by atoms with Crippen molar-refractivity contribution in [3.05, 3.63) is 73.2 Å². The highest BCUT2D eigenvalue weighted by molar-refractivity contribution is 6.00. The number of likely N-dealkylation sites (N-methyl/N-ethyl adjacent to an activating group) is 1. The summed E-state index contributed by atoms with van der Waals surface area (Å²) in [6, 6.07) is 14.0. The summed E-state index contributed by atoms with van der Waals surface area (Å²) in [5.74, 6) is 0.257. The lowest BCUT2D eigenvalue weighted by atomic mass is 10.1. The number of amides is 1. The second-order valence-corrected chi connectivity index (χ2v) is 9.41. The van der Waals surface area contributed by atoms with E-state index in [0.29, 0.717) is 41.1 Å². The van der Waals surface area contributed by atoms with Crippen LogP contribution in [0.5, 0.6) is 0 Å². The van der Waals surface area contributed by atoms with Crippen LogP contribution in [0.25, 0.3) is 22.3 Å². The summed E-state index contributed by atoms with van der Waals surface area (Å²) in [7, 11) is 3.89. The Bertz CT molecular complexity index is 1430. The van der Waals surface area contributed by atoms with Crippen LogP contribution in [0.1, 0.15) is 6.42 Å². The van der Waals surface area contributed by atoms with Gasteiger partial charge in [-0.3, -0.25) is 14.8 Å². The SMILES string of the molecule is CN(C)CC=CC(=O)Nc1ccnc(-c2nccc3cnc(Nc4ccc(NC5CCNC5)cc4)nc23)c1. The second kappa shape index (κ2) is 11.8. The van der Waals surface area contributed by atoms with E-state index in [-0.39, 0.29) is 5.91 Å². The van der Waals surface area contributed by atoms with Crippen LogP contribution < -0.4 is 21.3 Å². The van der Waals surface area contributed by atoms with Gasteiger partial charge in [-0.05, 0) is 69.5 Å². The molecule has 0 bridgehead atoms. The van der Waals surface area contributed by atoms with Crippen molar-refractivity contribution in [1.82, 2.24) is 30.2 Å². The molecule has 1 aliphatic heterocycles. The Kier molecular flexibility index (Phi) is 7.81. The molecule has 0 aliphatic carbocycles. The molecule has 1 fully saturated rings. The van der Waals surface area contributed by atoms with E-state index in [2.05, 4.69) is 36.2 Å². The van der Waals surface area contributed by atoms with E-state index < -0.39 is 0 Å². The van der Waals surface area contributed by atoms with Crippen molar-refractivity contribution in [3.63, 3.8) is 0 Å². The summed E-state index contributed by atoms with van der Waals surface area (Å²) < 4.78 is 0. The van der Waals surface area contributed by atoms with Gasteiger partial charge in [0.1, 0.15) is 11.2 Å². The molecule has 1 saturated heterocycles. The zero-order chi connectivity index (χ0) is 26.3. The van der Waals surface area contributed by atoms with Gasteiger partial charge in [0.05, 0.1) is 5.69 Å². The average Bonchev–Trinajstić information content (AvgIpc) is 3.42. The van der Waals surface area contributed by atoms with Crippen molar-refractivity contribution in [2.75, 3.05) is 49.7 Å². The molecular formula is C28H31N9O. The van der Waals surface area contributed by atoms with Gasteiger partial charge in [-0.2, -0.15) is 0 Å². The van der Waals surface area contributed by atoms with Crippen LogP contribution in [-0.2, 0) is 4.79 Å². The summed E-state index contributed by atoms with van der Waals surface area (Å²) in [6.07, 6.45) is 9.57. The summed E-state index contributed by atoms with van der Waals surface area (Å²) in [6.45, 7) is 2.72. The number of pyridine rings is 2. The van der Waals surface area contributed by atoms with Crippen molar-refractivity contribution in [2.24, 2.45) is 0 Å². The highest BCUT2D eigenvalue weighted by Gasteiger charge is 2.14. The van der Waals surface area contributed by atoms with Crippen LogP contribution in [0.2, 0.25) is 0 Å². The molecular weight excluding hydrogens is 478 g/mol. The molecule has 4 heterocycles. The van der Waals surface area contributed by atoms with Crippen molar-refractivity contribution in [1.29, 1.82) is 0 Å². The zero-order valence-corrected chi connectivity index (χ0v) is 21.5. The smallest absolute Gasteiger partial charge is 0.248 e. The number of aromatic nitrogens is 4. The molecule has 4 N–H and O–H groups in total. The molecule has 1 atom stereocenters. The van der Waals surface area contributed by atoms with Crippen LogP contribution in [0.15, 0.2) is 73.2 Å². The summed E-state index contributed by atoms with van der Waals surface area (Å²) in [4.78, 5) is 32.5. The lowest BCUT2D eigenvalue weighted by Crippen LogP contribution is -2.21. The molecule has 10 heteroatoms. The minimum absolute atomic E-state index is 0.204. The number of anilines is 4. The van der Waals surface area contributed by atoms with Gasteiger partial charge < -0.3 is 26.2 Å². The Hall–Kier alpha value is -4.41. The standard InChI is InChI=1S/C28H31N9O/c1-37(2)15-3-4-25(38)34-22-11-14-30-24(16-22)27-26-19(9-13-31-27)17-32-28(36-26)35-21-7-5-20(6-8-21)33-23-10-12-29-18-23/h3-9,11,13-14,16-17,23,29,33H,10,12,15,18H2,1-2H3,(H,30,34,38)(H,32,35,36). The molecule has 1 amide bonds. The third kappa shape index (κ3) is 6.47. The highest BCUT2D eigenvalue weighted by atomic mass is 16.1. The van der Waals surface area contributed by atoms with Crippen LogP contribution in [0.3, 0.4) is 0 Å². The molecule has 4 aromatic rings. The fourth-order valence-electron chi connectivity index (χ4n) is 4.19. The molecule has 1 aromatic carbocycles. The molecule has 1 aliphatic rings. The van der Waals surface area contributed by atoms with Gasteiger partial charge in [-0.15, -0.1) is 0 Å². The summed E-state index contributed by atoms with van der Waals surface area (Å²) in [5.41, 5.74) is 4.47. The highest BCUT2D eigenvalue weighted by Crippen LogP contribution is 2.26. The van der Waals surface area contributed by atoms with E-state index in [1.807, 2.05) is 55.4 Å². The van der Waals surface area contributed by atoms with Gasteiger partial charge in [0.2, 0.25) is 11.9 Å². The number of nitrogens with one attached hydrogen (secondary N) is 4. The Labute approximate surface area is 221 Å². The number of nitrogens with zero attached hydrogens (tertiary/aromatic N) is 5. The number of rotatable bonds is 9. The van der Waals surface area contributed by atoms with Crippen LogP contribution in [0, 0.1) is 0 Å². The third-order valence-corrected chi connectivity index (χ3v) is 6.08. The predicted octanol–water partition coefficient (Wildman–Crippen LogP) is 3.66. The van der Waals surface area contributed by atoms with Gasteiger partial charge in [0, 0.05) is 66.2 Å². The molecule has 194 valence electrons. The fourth-order valence-corrected chi connectivity index (χ4v) is 4.19. The first-order chi connectivity index (χ1) is 18.5. The lowest BCUT2D eigenvalue weighted by Gasteiger charge is -2.13. The topological polar surface area (TPSA) is 120 Å². The van der Waals surface area contributed by atoms with Crippen molar-refractivity contribution in [2.45, 2.75) is 12.5 Å². The van der Waals surface area contributed by atoms with Gasteiger partial charge in [-0.1, -0.05) is 6.08 Å². The van der Waals surface area contributed by atoms with Crippen LogP contribution in [0.4, 0.5) is 23.0 Å². The predicted molar refractivity (Wildman–Crippen MR) is 152 cm³/mol. The van der Waals surface area contributed by atoms with E-state index in [0.717, 1.165) is 36.3 Å². The maximum Gasteiger partial charge on any atom is 0.248 e. The first-order valence-electron chi connectivity index (χ1n) is 12.6. The molecule has 5 rings (SSSR count). The lowest BCUT2D eigenvalue weighted by molar-refractivity contribution is -0.111. The first-order valence-corrected chi connectivity index (χ1v) is 12.6. The zero-order valence-electron chi connectivity index (χ0n) is 21.5. The van der Waals surface area contributed by atoms with Crippen LogP contribution >= 0.6 is 0 Å². The van der Waals surface area contributed by atoms with E-state index in [1.54, 1.807) is 30.7 Å². The molecule has 0 radical (unpaired) electrons. The van der Waals surface area contributed by atoms with Gasteiger partial charge in [0.15, 0.2) is 0 Å². The van der Waals surface area contributed by atoms with Crippen molar-refractivity contribution in [3.8, 4) is 11.4 Å². The quantitative estimate of drug-likeness (QED) is 0.251. The number of hydrogen-bond acceptors (Lipinski definition) is 9. The summed E-state index contributed by atoms with van der Waals surface area (Å²) in [5, 5.41) is 13.9. The Morgan fingerprint density at radius 1 is 1.05 bits per heavy atom. The fraction of sp³-hybridized carbons (Fsp3) is 0.250. The van der Waals surface area contributed by atoms with Crippen molar-refractivity contribution < 1.29 is 4.79 Å². The van der Waals surface area contributed by atoms with Gasteiger partial charge >= 0.3 is 0 Å².